The molecule has 0 aliphatic carbocycles. The molecule has 0 aromatic heterocycles. The van der Waals surface area contributed by atoms with E-state index in [4.69, 9.17) is 0 Å². The van der Waals surface area contributed by atoms with Crippen LogP contribution in [0.4, 0.5) is 0 Å². The Morgan fingerprint density at radius 2 is 1.31 bits per heavy atom. The van der Waals surface area contributed by atoms with Gasteiger partial charge in [-0.05, 0) is 25.9 Å². The van der Waals surface area contributed by atoms with Crippen LogP contribution in [-0.4, -0.2) is 24.3 Å². The van der Waals surface area contributed by atoms with Crippen LogP contribution in [0.1, 0.15) is 38.8 Å². The zero-order valence-electron chi connectivity index (χ0n) is 11.4. The van der Waals surface area contributed by atoms with Crippen LogP contribution in [0.25, 0.3) is 0 Å². The van der Waals surface area contributed by atoms with Crippen LogP contribution in [0.15, 0.2) is 18.2 Å². The Morgan fingerprint density at radius 1 is 0.875 bits per heavy atom. The van der Waals surface area contributed by atoms with Crippen molar-refractivity contribution in [3.8, 4) is 0 Å². The molecular weight excluding hydrogens is 193 g/mol. The van der Waals surface area contributed by atoms with Gasteiger partial charge in [-0.2, -0.15) is 0 Å². The first-order valence-corrected chi connectivity index (χ1v) is 6.10. The fourth-order valence-corrected chi connectivity index (χ4v) is 2.15. The Kier molecular flexibility index (Phi) is 4.61. The Hall–Kier alpha value is -0.755. The number of rotatable bonds is 4. The highest BCUT2D eigenvalue weighted by molar-refractivity contribution is 6.50. The fourth-order valence-electron chi connectivity index (χ4n) is 2.15. The van der Waals surface area contributed by atoms with Gasteiger partial charge >= 0.3 is 0 Å². The van der Waals surface area contributed by atoms with E-state index in [0.29, 0.717) is 12.1 Å². The Labute approximate surface area is 101 Å². The number of hydrogen-bond acceptors (Lipinski definition) is 1. The minimum atomic E-state index is 0.542. The topological polar surface area (TPSA) is 3.24 Å². The average Bonchev–Trinajstić information content (AvgIpc) is 2.11. The van der Waals surface area contributed by atoms with E-state index >= 15 is 0 Å². The predicted molar refractivity (Wildman–Crippen MR) is 73.4 cm³/mol. The van der Waals surface area contributed by atoms with E-state index in [9.17, 15) is 0 Å². The van der Waals surface area contributed by atoms with Gasteiger partial charge in [0, 0.05) is 0 Å². The van der Waals surface area contributed by atoms with E-state index in [1.54, 1.807) is 0 Å². The summed E-state index contributed by atoms with van der Waals surface area (Å²) in [5.74, 6) is 0. The third kappa shape index (κ3) is 3.68. The summed E-state index contributed by atoms with van der Waals surface area (Å²) >= 11 is 0. The first kappa shape index (κ1) is 13.3. The molecule has 0 fully saturated rings. The molecule has 16 heavy (non-hydrogen) atoms. The molecule has 1 rings (SSSR count). The van der Waals surface area contributed by atoms with Crippen molar-refractivity contribution in [3.05, 3.63) is 29.3 Å². The van der Waals surface area contributed by atoms with Gasteiger partial charge in [-0.25, -0.2) is 0 Å². The third-order valence-electron chi connectivity index (χ3n) is 2.73. The number of nitrogens with zero attached hydrogens (tertiary/aromatic N) is 1. The molecule has 0 aliphatic heterocycles. The van der Waals surface area contributed by atoms with Crippen LogP contribution in [-0.2, 0) is 0 Å². The molecule has 0 heterocycles. The van der Waals surface area contributed by atoms with E-state index in [2.05, 4.69) is 72.0 Å². The number of benzene rings is 1. The van der Waals surface area contributed by atoms with Gasteiger partial charge in [0.1, 0.15) is 0 Å². The highest BCUT2D eigenvalue weighted by atomic mass is 15.1. The lowest BCUT2D eigenvalue weighted by molar-refractivity contribution is 0.315. The largest absolute Gasteiger partial charge is 0.338 e. The molecule has 1 radical (unpaired) electrons. The zero-order chi connectivity index (χ0) is 12.3. The molecule has 0 spiro atoms. The molecule has 1 aromatic carbocycles. The summed E-state index contributed by atoms with van der Waals surface area (Å²) in [5.41, 5.74) is 3.97. The molecule has 0 saturated carbocycles. The van der Waals surface area contributed by atoms with Crippen molar-refractivity contribution >= 4 is 12.9 Å². The van der Waals surface area contributed by atoms with Gasteiger partial charge in [0.05, 0.1) is 0 Å². The maximum Gasteiger partial charge on any atom is 0.248 e. The van der Waals surface area contributed by atoms with Crippen molar-refractivity contribution in [1.29, 1.82) is 0 Å². The van der Waals surface area contributed by atoms with Crippen LogP contribution in [0.3, 0.4) is 0 Å². The van der Waals surface area contributed by atoms with Gasteiger partial charge < -0.3 is 4.81 Å². The van der Waals surface area contributed by atoms with E-state index in [-0.39, 0.29) is 0 Å². The first-order chi connectivity index (χ1) is 7.40. The van der Waals surface area contributed by atoms with Gasteiger partial charge in [0.2, 0.25) is 7.41 Å². The van der Waals surface area contributed by atoms with Gasteiger partial charge in [0.25, 0.3) is 0 Å². The van der Waals surface area contributed by atoms with Crippen LogP contribution < -0.4 is 5.46 Å². The minimum absolute atomic E-state index is 0.542. The van der Waals surface area contributed by atoms with Crippen LogP contribution >= 0.6 is 0 Å². The zero-order valence-corrected chi connectivity index (χ0v) is 11.4. The molecule has 0 bridgehead atoms. The van der Waals surface area contributed by atoms with Crippen LogP contribution in [0.5, 0.6) is 0 Å². The SMILES string of the molecule is Cc1cc(C)cc([B]N(C(C)C)C(C)C)c1. The summed E-state index contributed by atoms with van der Waals surface area (Å²) in [4.78, 5) is 2.40. The lowest BCUT2D eigenvalue weighted by atomic mass is 9.77. The Morgan fingerprint density at radius 3 is 1.69 bits per heavy atom. The van der Waals surface area contributed by atoms with Gasteiger partial charge in [-0.15, -0.1) is 0 Å². The van der Waals surface area contributed by atoms with Crippen molar-refractivity contribution < 1.29 is 0 Å². The highest BCUT2D eigenvalue weighted by Crippen LogP contribution is 2.05. The van der Waals surface area contributed by atoms with Gasteiger partial charge in [-0.1, -0.05) is 62.5 Å². The van der Waals surface area contributed by atoms with Crippen molar-refractivity contribution in [2.24, 2.45) is 0 Å². The summed E-state index contributed by atoms with van der Waals surface area (Å²) in [6.45, 7) is 13.2. The first-order valence-electron chi connectivity index (χ1n) is 6.10. The molecule has 0 saturated heterocycles. The van der Waals surface area contributed by atoms with Crippen molar-refractivity contribution in [3.63, 3.8) is 0 Å². The molecule has 0 amide bonds. The molecule has 1 aromatic rings. The van der Waals surface area contributed by atoms with E-state index in [1.165, 1.54) is 16.6 Å². The summed E-state index contributed by atoms with van der Waals surface area (Å²) in [5, 5.41) is 0. The second-order valence-electron chi connectivity index (χ2n) is 5.18. The summed E-state index contributed by atoms with van der Waals surface area (Å²) in [6.07, 6.45) is 0. The molecule has 1 nitrogen and oxygen atoms in total. The lowest BCUT2D eigenvalue weighted by Crippen LogP contribution is -2.45. The predicted octanol–water partition coefficient (Wildman–Crippen LogP) is 2.67. The monoisotopic (exact) mass is 216 g/mol. The van der Waals surface area contributed by atoms with Gasteiger partial charge in [0.15, 0.2) is 0 Å². The molecule has 0 unspecified atom stereocenters. The fraction of sp³-hybridized carbons (Fsp3) is 0.571. The summed E-state index contributed by atoms with van der Waals surface area (Å²) < 4.78 is 0. The smallest absolute Gasteiger partial charge is 0.248 e. The van der Waals surface area contributed by atoms with E-state index < -0.39 is 0 Å². The van der Waals surface area contributed by atoms with Crippen molar-refractivity contribution in [2.45, 2.75) is 53.6 Å². The minimum Gasteiger partial charge on any atom is -0.338 e. The van der Waals surface area contributed by atoms with Crippen LogP contribution in [0.2, 0.25) is 0 Å². The standard InChI is InChI=1S/C14H23BN/c1-10(2)16(11(3)4)15-14-8-12(5)7-13(6)9-14/h7-11H,1-6H3. The van der Waals surface area contributed by atoms with Crippen molar-refractivity contribution in [2.75, 3.05) is 0 Å². The Balaban J connectivity index is 2.85. The second-order valence-corrected chi connectivity index (χ2v) is 5.18. The maximum atomic E-state index is 2.40. The van der Waals surface area contributed by atoms with E-state index in [1.807, 2.05) is 0 Å². The number of hydrogen-bond donors (Lipinski definition) is 0. The molecule has 0 atom stereocenters. The van der Waals surface area contributed by atoms with Crippen molar-refractivity contribution in [1.82, 2.24) is 4.81 Å². The molecular formula is C14H23BN. The molecule has 87 valence electrons. The van der Waals surface area contributed by atoms with Gasteiger partial charge in [-0.3, -0.25) is 0 Å². The quantitative estimate of drug-likeness (QED) is 0.699. The molecule has 0 aliphatic rings. The average molecular weight is 216 g/mol. The Bertz CT molecular complexity index is 316. The second kappa shape index (κ2) is 5.54. The summed E-state index contributed by atoms with van der Waals surface area (Å²) in [7, 11) is 2.27. The molecule has 2 heteroatoms. The maximum absolute atomic E-state index is 2.40. The lowest BCUT2D eigenvalue weighted by Gasteiger charge is -2.30. The van der Waals surface area contributed by atoms with E-state index in [0.717, 1.165) is 0 Å². The highest BCUT2D eigenvalue weighted by Gasteiger charge is 2.15. The third-order valence-corrected chi connectivity index (χ3v) is 2.73. The van der Waals surface area contributed by atoms with Crippen LogP contribution in [0, 0.1) is 13.8 Å². The molecule has 0 N–H and O–H groups in total. The normalized spacial score (nSPS) is 11.6. The summed E-state index contributed by atoms with van der Waals surface area (Å²) in [6, 6.07) is 7.78. The number of aryl methyl sites for hydroxylation is 2.